The number of aromatic nitrogens is 6. The van der Waals surface area contributed by atoms with Crippen LogP contribution in [0.2, 0.25) is 0 Å². The van der Waals surface area contributed by atoms with Gasteiger partial charge in [0.15, 0.2) is 0 Å². The Kier molecular flexibility index (Phi) is 39.9. The zero-order chi connectivity index (χ0) is 83.3. The van der Waals surface area contributed by atoms with E-state index in [-0.39, 0.29) is 40.8 Å². The van der Waals surface area contributed by atoms with Crippen LogP contribution in [0.5, 0.6) is 23.0 Å². The molecular formula is C106H50N6O6Pd2. The molecule has 560 valence electrons. The number of benzene rings is 6. The van der Waals surface area contributed by atoms with Crippen LogP contribution >= 0.6 is 0 Å². The minimum Gasteiger partial charge on any atom is -0.497 e. The van der Waals surface area contributed by atoms with Gasteiger partial charge in [-0.15, -0.1) is 29.3 Å². The second-order valence-corrected chi connectivity index (χ2v) is 22.1. The number of imidazole rings is 2. The number of aliphatic carboxylic acids is 2. The fourth-order valence-corrected chi connectivity index (χ4v) is 9.68. The molecule has 6 aromatic heterocycles. The molecule has 0 atom stereocenters. The maximum atomic E-state index is 9.00. The van der Waals surface area contributed by atoms with Crippen LogP contribution < -0.4 is 9.47 Å². The number of pyridine rings is 4. The minimum atomic E-state index is -0.833. The van der Waals surface area contributed by atoms with Crippen molar-refractivity contribution in [3.8, 4) is 318 Å². The van der Waals surface area contributed by atoms with Crippen LogP contribution in [-0.4, -0.2) is 50.9 Å². The fourth-order valence-electron chi connectivity index (χ4n) is 9.68. The van der Waals surface area contributed by atoms with Crippen LogP contribution in [0.3, 0.4) is 0 Å². The summed E-state index contributed by atoms with van der Waals surface area (Å²) in [5.41, 5.74) is 10.1. The summed E-state index contributed by atoms with van der Waals surface area (Å²) in [6, 6.07) is 55.6. The molecule has 0 fully saturated rings. The van der Waals surface area contributed by atoms with Crippen molar-refractivity contribution in [3.05, 3.63) is 206 Å². The third-order valence-corrected chi connectivity index (χ3v) is 14.2. The SMILES string of the molecule is CC#CC#CC#CC#CC#CC#CC#CC#CC#CC#CC#CC#CC#CC#CC#CC#CC#CC#CC#CC#CC#CC#CC#CC.CC(=O)O.CC(=O)O.Cc1ccc(Oc2[c-]c3c(cc2)c2ccccc2n2ccnc32)[c-]c1-c1ccccn1.Cc1ccc(Oc2ccc3c4ccccc4n4ccnc4c3c2)cc1-c1ccccn1.[Pd+2].[Pd]. The van der Waals surface area contributed by atoms with Crippen LogP contribution in [0.15, 0.2) is 183 Å². The van der Waals surface area contributed by atoms with E-state index in [1.54, 1.807) is 20.0 Å². The summed E-state index contributed by atoms with van der Waals surface area (Å²) >= 11 is 0. The van der Waals surface area contributed by atoms with Crippen LogP contribution in [-0.2, 0) is 50.4 Å². The van der Waals surface area contributed by atoms with E-state index in [9.17, 15) is 0 Å². The Morgan fingerprint density at radius 1 is 0.333 bits per heavy atom. The van der Waals surface area contributed by atoms with Crippen molar-refractivity contribution in [2.75, 3.05) is 0 Å². The van der Waals surface area contributed by atoms with Crippen molar-refractivity contribution in [2.45, 2.75) is 41.5 Å². The van der Waals surface area contributed by atoms with Gasteiger partial charge in [-0.2, -0.15) is 0 Å². The zero-order valence-corrected chi connectivity index (χ0v) is 67.3. The second kappa shape index (κ2) is 52.9. The van der Waals surface area contributed by atoms with Crippen molar-refractivity contribution >= 4 is 66.6 Å². The molecule has 0 radical (unpaired) electrons. The van der Waals surface area contributed by atoms with E-state index in [0.717, 1.165) is 103 Å². The molecule has 0 aliphatic rings. The van der Waals surface area contributed by atoms with E-state index in [1.165, 1.54) is 10.8 Å². The number of nitrogens with zero attached hydrogens (tertiary/aromatic N) is 6. The number of aryl methyl sites for hydroxylation is 2. The number of carboxylic acids is 2. The van der Waals surface area contributed by atoms with E-state index in [0.29, 0.717) is 11.5 Å². The van der Waals surface area contributed by atoms with E-state index in [4.69, 9.17) is 29.3 Å². The number of ether oxygens (including phenoxy) is 2. The summed E-state index contributed by atoms with van der Waals surface area (Å²) < 4.78 is 16.7. The van der Waals surface area contributed by atoms with Gasteiger partial charge in [-0.05, 0) is 198 Å². The molecule has 14 heteroatoms. The van der Waals surface area contributed by atoms with Crippen LogP contribution in [0.1, 0.15) is 38.8 Å². The van der Waals surface area contributed by atoms with Gasteiger partial charge in [-0.1, -0.05) is 108 Å². The largest absolute Gasteiger partial charge is 2.00 e. The van der Waals surface area contributed by atoms with Gasteiger partial charge >= 0.3 is 20.4 Å². The van der Waals surface area contributed by atoms with Crippen molar-refractivity contribution < 1.29 is 70.1 Å². The molecule has 0 bridgehead atoms. The first-order valence-electron chi connectivity index (χ1n) is 34.5. The Bertz CT molecular complexity index is 7180. The van der Waals surface area contributed by atoms with Gasteiger partial charge in [0.05, 0.1) is 16.9 Å². The number of fused-ring (bicyclic) bond motifs is 12. The van der Waals surface area contributed by atoms with Crippen molar-refractivity contribution in [2.24, 2.45) is 0 Å². The summed E-state index contributed by atoms with van der Waals surface area (Å²) in [5, 5.41) is 21.5. The van der Waals surface area contributed by atoms with E-state index in [1.807, 2.05) is 117 Å². The Morgan fingerprint density at radius 3 is 1.08 bits per heavy atom. The maximum Gasteiger partial charge on any atom is 2.00 e. The van der Waals surface area contributed by atoms with Crippen LogP contribution in [0.4, 0.5) is 0 Å². The molecule has 120 heavy (non-hydrogen) atoms. The monoisotopic (exact) mass is 1710 g/mol. The summed E-state index contributed by atoms with van der Waals surface area (Å²) in [7, 11) is 0. The van der Waals surface area contributed by atoms with Gasteiger partial charge in [0.25, 0.3) is 11.9 Å². The third-order valence-electron chi connectivity index (χ3n) is 14.2. The molecule has 0 saturated carbocycles. The molecule has 6 aromatic carbocycles. The van der Waals surface area contributed by atoms with Gasteiger partial charge in [0.2, 0.25) is 0 Å². The van der Waals surface area contributed by atoms with Crippen LogP contribution in [0.25, 0.3) is 77.2 Å². The van der Waals surface area contributed by atoms with Crippen molar-refractivity contribution in [1.82, 2.24) is 28.7 Å². The molecule has 12 nitrogen and oxygen atoms in total. The topological polar surface area (TPSA) is 153 Å². The summed E-state index contributed by atoms with van der Waals surface area (Å²) in [6.07, 6.45) is 11.2. The molecule has 12 aromatic rings. The van der Waals surface area contributed by atoms with Crippen molar-refractivity contribution in [3.63, 3.8) is 0 Å². The normalized spacial score (nSPS) is 7.88. The van der Waals surface area contributed by atoms with Crippen LogP contribution in [0, 0.1) is 298 Å². The van der Waals surface area contributed by atoms with Gasteiger partial charge in [0.1, 0.15) is 17.1 Å². The molecule has 2 N–H and O–H groups in total. The standard InChI is InChI=1S/C48H6.C27H19N3O.C27H17N3O.2C2H4O2.2Pd/c1-3-5-7-9-11-13-15-17-19-21-23-25-27-29-31-33-35-37-39-41-43-45-47-48-46-44-42-40-38-36-34-32-30-28-26-24-22-20-18-16-14-12-10-8-6-4-2;2*1-18-9-10-19(16-23(18)25-7-4-5-13-28-25)31-20-11-12-21-22-6-2-3-8-26(22)30-15-14-29-27(30)24(21)17-20;2*1-2(3)4;;/h1-2H3;2-17H,1H3;2-15H,1H3;2*1H3,(H,3,4);;/q;;-2;;;;+2. The minimum absolute atomic E-state index is 0. The predicted molar refractivity (Wildman–Crippen MR) is 464 cm³/mol. The number of rotatable bonds is 6. The van der Waals surface area contributed by atoms with Gasteiger partial charge in [-0.25, -0.2) is 4.98 Å². The number of carboxylic acid groups (broad SMARTS) is 2. The maximum absolute atomic E-state index is 9.00. The van der Waals surface area contributed by atoms with Gasteiger partial charge < -0.3 is 29.1 Å². The molecule has 0 spiro atoms. The molecular weight excluding hydrogens is 1670 g/mol. The molecule has 0 unspecified atom stereocenters. The molecule has 12 rings (SSSR count). The molecule has 6 heterocycles. The number of hydrogen-bond acceptors (Lipinski definition) is 8. The average Bonchev–Trinajstić information content (AvgIpc) is 1.45. The molecule has 0 amide bonds. The Hall–Kier alpha value is -18.2. The first kappa shape index (κ1) is 90.7. The Balaban J connectivity index is 0.000000270. The predicted octanol–water partition coefficient (Wildman–Crippen LogP) is 14.5. The second-order valence-electron chi connectivity index (χ2n) is 22.1. The molecule has 0 aliphatic carbocycles. The van der Waals surface area contributed by atoms with Crippen molar-refractivity contribution in [1.29, 1.82) is 0 Å². The Morgan fingerprint density at radius 2 is 0.667 bits per heavy atom. The van der Waals surface area contributed by atoms with E-state index in [2.05, 4.69) is 387 Å². The number of carbonyl (C=O) groups is 2. The number of para-hydroxylation sites is 2. The quantitative estimate of drug-likeness (QED) is 0.0712. The van der Waals surface area contributed by atoms with Gasteiger partial charge in [-0.3, -0.25) is 24.0 Å². The molecule has 0 saturated heterocycles. The first-order chi connectivity index (χ1) is 57.9. The zero-order valence-electron chi connectivity index (χ0n) is 64.2. The number of hydrogen-bond donors (Lipinski definition) is 2. The fraction of sp³-hybridized carbons (Fsp3) is 0.0566. The van der Waals surface area contributed by atoms with E-state index < -0.39 is 11.9 Å². The summed E-state index contributed by atoms with van der Waals surface area (Å²) in [5.74, 6) is 117. The molecule has 0 aliphatic heterocycles. The summed E-state index contributed by atoms with van der Waals surface area (Å²) in [4.78, 5) is 36.1. The summed E-state index contributed by atoms with van der Waals surface area (Å²) in [6.45, 7) is 9.68. The first-order valence-corrected chi connectivity index (χ1v) is 34.5. The average molecular weight is 1720 g/mol. The third kappa shape index (κ3) is 31.2. The van der Waals surface area contributed by atoms with Gasteiger partial charge in [0, 0.05) is 271 Å². The Labute approximate surface area is 725 Å². The van der Waals surface area contributed by atoms with E-state index >= 15 is 0 Å². The smallest absolute Gasteiger partial charge is 0.497 e.